The lowest BCUT2D eigenvalue weighted by molar-refractivity contribution is 0.0748. The minimum Gasteiger partial charge on any atom is -0.388 e. The molecule has 1 aromatic rings. The number of hydrogen-bond acceptors (Lipinski definition) is 1. The quantitative estimate of drug-likeness (QED) is 0.823. The first-order valence-corrected chi connectivity index (χ1v) is 6.52. The Bertz CT molecular complexity index is 381. The first-order chi connectivity index (χ1) is 8.08. The number of halogens is 1. The van der Waals surface area contributed by atoms with Gasteiger partial charge in [0, 0.05) is 0 Å². The number of aryl methyl sites for hydroxylation is 1. The van der Waals surface area contributed by atoms with Crippen LogP contribution in [0, 0.1) is 24.6 Å². The molecule has 0 saturated heterocycles. The van der Waals surface area contributed by atoms with E-state index in [1.165, 1.54) is 25.0 Å². The lowest BCUT2D eigenvalue weighted by Gasteiger charge is -2.30. The van der Waals surface area contributed by atoms with Crippen LogP contribution in [0.4, 0.5) is 4.39 Å². The highest BCUT2D eigenvalue weighted by Crippen LogP contribution is 2.37. The maximum absolute atomic E-state index is 13.2. The van der Waals surface area contributed by atoms with Crippen molar-refractivity contribution in [3.8, 4) is 0 Å². The number of rotatable bonds is 2. The molecule has 0 bridgehead atoms. The third-order valence-electron chi connectivity index (χ3n) is 4.07. The minimum absolute atomic E-state index is 0.256. The standard InChI is InChI=1S/C15H21FO/c1-10-3-6-12(7-4-10)15(17)14-9-13(16)8-5-11(14)2/h5,8-10,12,15,17H,3-4,6-7H2,1-2H3. The summed E-state index contributed by atoms with van der Waals surface area (Å²) in [6.45, 7) is 4.19. The zero-order chi connectivity index (χ0) is 12.4. The molecule has 1 fully saturated rings. The van der Waals surface area contributed by atoms with Crippen LogP contribution in [-0.4, -0.2) is 5.11 Å². The molecule has 0 radical (unpaired) electrons. The fourth-order valence-electron chi connectivity index (χ4n) is 2.79. The van der Waals surface area contributed by atoms with E-state index in [0.29, 0.717) is 5.92 Å². The number of aliphatic hydroxyl groups is 1. The van der Waals surface area contributed by atoms with Gasteiger partial charge in [0.2, 0.25) is 0 Å². The molecule has 17 heavy (non-hydrogen) atoms. The molecule has 1 unspecified atom stereocenters. The molecule has 1 aliphatic carbocycles. The summed E-state index contributed by atoms with van der Waals surface area (Å²) in [4.78, 5) is 0. The summed E-state index contributed by atoms with van der Waals surface area (Å²) < 4.78 is 13.2. The van der Waals surface area contributed by atoms with Gasteiger partial charge in [0.15, 0.2) is 0 Å². The van der Waals surface area contributed by atoms with Gasteiger partial charge in [-0.2, -0.15) is 0 Å². The molecule has 0 aliphatic heterocycles. The summed E-state index contributed by atoms with van der Waals surface area (Å²) in [5, 5.41) is 10.4. The van der Waals surface area contributed by atoms with Crippen LogP contribution in [0.5, 0.6) is 0 Å². The van der Waals surface area contributed by atoms with Gasteiger partial charge in [0.1, 0.15) is 5.82 Å². The Balaban J connectivity index is 2.13. The predicted octanol–water partition coefficient (Wildman–Crippen LogP) is 3.99. The van der Waals surface area contributed by atoms with Crippen LogP contribution in [0.25, 0.3) is 0 Å². The van der Waals surface area contributed by atoms with E-state index in [1.54, 1.807) is 6.07 Å². The Kier molecular flexibility index (Phi) is 3.82. The lowest BCUT2D eigenvalue weighted by atomic mass is 9.78. The van der Waals surface area contributed by atoms with Crippen LogP contribution < -0.4 is 0 Å². The summed E-state index contributed by atoms with van der Waals surface area (Å²) in [7, 11) is 0. The van der Waals surface area contributed by atoms with Crippen LogP contribution >= 0.6 is 0 Å². The number of aliphatic hydroxyl groups excluding tert-OH is 1. The summed E-state index contributed by atoms with van der Waals surface area (Å²) in [5.41, 5.74) is 1.75. The first kappa shape index (κ1) is 12.6. The second-order valence-corrected chi connectivity index (χ2v) is 5.47. The topological polar surface area (TPSA) is 20.2 Å². The second kappa shape index (κ2) is 5.18. The Hall–Kier alpha value is -0.890. The van der Waals surface area contributed by atoms with Gasteiger partial charge in [-0.05, 0) is 54.9 Å². The smallest absolute Gasteiger partial charge is 0.123 e. The monoisotopic (exact) mass is 236 g/mol. The van der Waals surface area contributed by atoms with Crippen molar-refractivity contribution in [1.82, 2.24) is 0 Å². The fraction of sp³-hybridized carbons (Fsp3) is 0.600. The van der Waals surface area contributed by atoms with Crippen LogP contribution in [0.15, 0.2) is 18.2 Å². The van der Waals surface area contributed by atoms with Gasteiger partial charge in [0.05, 0.1) is 6.10 Å². The zero-order valence-corrected chi connectivity index (χ0v) is 10.6. The molecule has 0 heterocycles. The maximum Gasteiger partial charge on any atom is 0.123 e. The summed E-state index contributed by atoms with van der Waals surface area (Å²) in [6, 6.07) is 4.69. The van der Waals surface area contributed by atoms with Crippen molar-refractivity contribution in [3.63, 3.8) is 0 Å². The molecule has 2 heteroatoms. The second-order valence-electron chi connectivity index (χ2n) is 5.47. The third kappa shape index (κ3) is 2.86. The van der Waals surface area contributed by atoms with Crippen molar-refractivity contribution < 1.29 is 9.50 Å². The molecular formula is C15H21FO. The minimum atomic E-state index is -0.502. The molecule has 1 saturated carbocycles. The van der Waals surface area contributed by atoms with Gasteiger partial charge in [-0.25, -0.2) is 4.39 Å². The summed E-state index contributed by atoms with van der Waals surface area (Å²) in [5.74, 6) is 0.813. The van der Waals surface area contributed by atoms with E-state index in [4.69, 9.17) is 0 Å². The van der Waals surface area contributed by atoms with E-state index in [1.807, 2.05) is 6.92 Å². The van der Waals surface area contributed by atoms with Crippen molar-refractivity contribution >= 4 is 0 Å². The molecule has 1 aromatic carbocycles. The van der Waals surface area contributed by atoms with Crippen molar-refractivity contribution in [3.05, 3.63) is 35.1 Å². The number of hydrogen-bond donors (Lipinski definition) is 1. The average molecular weight is 236 g/mol. The van der Waals surface area contributed by atoms with Crippen molar-refractivity contribution in [2.24, 2.45) is 11.8 Å². The molecule has 0 aromatic heterocycles. The largest absolute Gasteiger partial charge is 0.388 e. The fourth-order valence-corrected chi connectivity index (χ4v) is 2.79. The molecule has 0 spiro atoms. The average Bonchev–Trinajstić information content (AvgIpc) is 2.32. The van der Waals surface area contributed by atoms with Crippen molar-refractivity contribution in [1.29, 1.82) is 0 Å². The van der Waals surface area contributed by atoms with E-state index < -0.39 is 6.10 Å². The van der Waals surface area contributed by atoms with Gasteiger partial charge in [-0.15, -0.1) is 0 Å². The highest BCUT2D eigenvalue weighted by molar-refractivity contribution is 5.29. The van der Waals surface area contributed by atoms with E-state index in [2.05, 4.69) is 6.92 Å². The molecule has 2 rings (SSSR count). The Morgan fingerprint density at radius 2 is 1.88 bits per heavy atom. The molecule has 0 amide bonds. The molecule has 1 aliphatic rings. The Morgan fingerprint density at radius 3 is 2.53 bits per heavy atom. The molecule has 1 atom stereocenters. The van der Waals surface area contributed by atoms with E-state index >= 15 is 0 Å². The molecule has 1 nitrogen and oxygen atoms in total. The van der Waals surface area contributed by atoms with E-state index in [0.717, 1.165) is 29.9 Å². The molecule has 94 valence electrons. The van der Waals surface area contributed by atoms with Gasteiger partial charge in [0.25, 0.3) is 0 Å². The van der Waals surface area contributed by atoms with Gasteiger partial charge in [-0.3, -0.25) is 0 Å². The van der Waals surface area contributed by atoms with E-state index in [9.17, 15) is 9.50 Å². The molecule has 1 N–H and O–H groups in total. The van der Waals surface area contributed by atoms with Crippen LogP contribution in [0.2, 0.25) is 0 Å². The number of benzene rings is 1. The normalized spacial score (nSPS) is 26.8. The predicted molar refractivity (Wildman–Crippen MR) is 67.2 cm³/mol. The van der Waals surface area contributed by atoms with Gasteiger partial charge < -0.3 is 5.11 Å². The van der Waals surface area contributed by atoms with Crippen molar-refractivity contribution in [2.75, 3.05) is 0 Å². The summed E-state index contributed by atoms with van der Waals surface area (Å²) in [6.07, 6.45) is 3.96. The highest BCUT2D eigenvalue weighted by atomic mass is 19.1. The Morgan fingerprint density at radius 1 is 1.24 bits per heavy atom. The van der Waals surface area contributed by atoms with Gasteiger partial charge >= 0.3 is 0 Å². The van der Waals surface area contributed by atoms with Crippen molar-refractivity contribution in [2.45, 2.75) is 45.6 Å². The molecular weight excluding hydrogens is 215 g/mol. The highest BCUT2D eigenvalue weighted by Gasteiger charge is 2.26. The SMILES string of the molecule is Cc1ccc(F)cc1C(O)C1CCC(C)CC1. The van der Waals surface area contributed by atoms with Crippen LogP contribution in [0.1, 0.15) is 49.8 Å². The Labute approximate surface area is 103 Å². The van der Waals surface area contributed by atoms with E-state index in [-0.39, 0.29) is 5.82 Å². The maximum atomic E-state index is 13.2. The van der Waals surface area contributed by atoms with Crippen LogP contribution in [-0.2, 0) is 0 Å². The first-order valence-electron chi connectivity index (χ1n) is 6.52. The van der Waals surface area contributed by atoms with Gasteiger partial charge in [-0.1, -0.05) is 25.8 Å². The summed E-state index contributed by atoms with van der Waals surface area (Å²) >= 11 is 0. The zero-order valence-electron chi connectivity index (χ0n) is 10.6. The lowest BCUT2D eigenvalue weighted by Crippen LogP contribution is -2.20. The third-order valence-corrected chi connectivity index (χ3v) is 4.07. The van der Waals surface area contributed by atoms with Crippen LogP contribution in [0.3, 0.4) is 0 Å².